The Bertz CT molecular complexity index is 959. The van der Waals surface area contributed by atoms with Crippen LogP contribution in [-0.2, 0) is 0 Å². The average molecular weight is 371 g/mol. The molecule has 5 heteroatoms. The molecule has 0 amide bonds. The van der Waals surface area contributed by atoms with Gasteiger partial charge in [0.15, 0.2) is 5.82 Å². The Kier molecular flexibility index (Phi) is 3.32. The number of aromatic nitrogens is 2. The number of aryl methyl sites for hydroxylation is 1. The van der Waals surface area contributed by atoms with Crippen LogP contribution >= 0.6 is 27.3 Å². The Balaban J connectivity index is 2.07. The zero-order valence-corrected chi connectivity index (χ0v) is 14.1. The summed E-state index contributed by atoms with van der Waals surface area (Å²) in [6.07, 6.45) is 0. The van der Waals surface area contributed by atoms with Crippen LogP contribution in [0.25, 0.3) is 32.0 Å². The quantitative estimate of drug-likeness (QED) is 0.454. The summed E-state index contributed by atoms with van der Waals surface area (Å²) in [6.45, 7) is 1.83. The van der Waals surface area contributed by atoms with Gasteiger partial charge in [-0.3, -0.25) is 0 Å². The fourth-order valence-electron chi connectivity index (χ4n) is 2.50. The number of halogens is 1. The van der Waals surface area contributed by atoms with Crippen LogP contribution in [0.2, 0.25) is 0 Å². The zero-order valence-electron chi connectivity index (χ0n) is 11.7. The summed E-state index contributed by atoms with van der Waals surface area (Å²) in [4.78, 5) is 5.42. The van der Waals surface area contributed by atoms with Crippen molar-refractivity contribution in [2.75, 3.05) is 0 Å². The number of hydrogen-bond acceptors (Lipinski definition) is 4. The van der Waals surface area contributed by atoms with E-state index in [1.807, 2.05) is 25.1 Å². The molecule has 0 fully saturated rings. The van der Waals surface area contributed by atoms with Gasteiger partial charge in [-0.05, 0) is 24.6 Å². The highest BCUT2D eigenvalue weighted by Crippen LogP contribution is 2.44. The molecule has 0 unspecified atom stereocenters. The van der Waals surface area contributed by atoms with Crippen LogP contribution in [0.15, 0.2) is 57.5 Å². The lowest BCUT2D eigenvalue weighted by atomic mass is 10.0. The molecule has 0 N–H and O–H groups in total. The molecule has 0 saturated carbocycles. The average Bonchev–Trinajstić information content (AvgIpc) is 3.11. The Morgan fingerprint density at radius 2 is 1.91 bits per heavy atom. The third-order valence-corrected chi connectivity index (χ3v) is 5.07. The van der Waals surface area contributed by atoms with Crippen molar-refractivity contribution in [1.82, 2.24) is 10.1 Å². The molecule has 4 aromatic rings. The minimum atomic E-state index is 0.577. The molecule has 0 radical (unpaired) electrons. The highest BCUT2D eigenvalue weighted by Gasteiger charge is 2.19. The molecule has 2 heterocycles. The Labute approximate surface area is 139 Å². The first-order valence-electron chi connectivity index (χ1n) is 6.80. The first kappa shape index (κ1) is 13.7. The molecule has 0 saturated heterocycles. The van der Waals surface area contributed by atoms with Gasteiger partial charge >= 0.3 is 0 Å². The summed E-state index contributed by atoms with van der Waals surface area (Å²) < 4.78 is 7.67. The predicted octanol–water partition coefficient (Wildman–Crippen LogP) is 5.69. The summed E-state index contributed by atoms with van der Waals surface area (Å²) in [7, 11) is 0. The number of hydrogen-bond donors (Lipinski definition) is 0. The van der Waals surface area contributed by atoms with Crippen molar-refractivity contribution < 1.29 is 4.52 Å². The molecule has 2 aromatic carbocycles. The van der Waals surface area contributed by atoms with Crippen molar-refractivity contribution in [1.29, 1.82) is 0 Å². The SMILES string of the molecule is Cc1noc(-c2sc3cc(Br)ccc3c2-c2ccccc2)n1. The van der Waals surface area contributed by atoms with Gasteiger partial charge in [0.1, 0.15) is 4.88 Å². The van der Waals surface area contributed by atoms with Crippen LogP contribution in [0.3, 0.4) is 0 Å². The van der Waals surface area contributed by atoms with Crippen LogP contribution in [0, 0.1) is 6.92 Å². The standard InChI is InChI=1S/C17H11BrN2OS/c1-10-19-17(21-20-10)16-15(11-5-3-2-4-6-11)13-8-7-12(18)9-14(13)22-16/h2-9H,1H3. The lowest BCUT2D eigenvalue weighted by Crippen LogP contribution is -1.80. The van der Waals surface area contributed by atoms with E-state index in [1.165, 1.54) is 10.1 Å². The van der Waals surface area contributed by atoms with Crippen molar-refractivity contribution in [2.24, 2.45) is 0 Å². The fourth-order valence-corrected chi connectivity index (χ4v) is 4.20. The van der Waals surface area contributed by atoms with Crippen LogP contribution in [-0.4, -0.2) is 10.1 Å². The maximum absolute atomic E-state index is 5.41. The van der Waals surface area contributed by atoms with E-state index in [2.05, 4.69) is 56.4 Å². The van der Waals surface area contributed by atoms with E-state index in [1.54, 1.807) is 11.3 Å². The minimum Gasteiger partial charge on any atom is -0.333 e. The molecule has 0 aliphatic heterocycles. The molecular formula is C17H11BrN2OS. The summed E-state index contributed by atoms with van der Waals surface area (Å²) in [5, 5.41) is 5.13. The van der Waals surface area contributed by atoms with Crippen molar-refractivity contribution in [3.63, 3.8) is 0 Å². The second-order valence-corrected chi connectivity index (χ2v) is 6.93. The Morgan fingerprint density at radius 3 is 2.64 bits per heavy atom. The van der Waals surface area contributed by atoms with E-state index < -0.39 is 0 Å². The first-order valence-corrected chi connectivity index (χ1v) is 8.41. The molecule has 3 nitrogen and oxygen atoms in total. The molecule has 108 valence electrons. The molecule has 0 bridgehead atoms. The van der Waals surface area contributed by atoms with Crippen LogP contribution in [0.4, 0.5) is 0 Å². The zero-order chi connectivity index (χ0) is 15.1. The second kappa shape index (κ2) is 5.34. The maximum Gasteiger partial charge on any atom is 0.268 e. The van der Waals surface area contributed by atoms with E-state index in [0.717, 1.165) is 20.5 Å². The number of nitrogens with zero attached hydrogens (tertiary/aromatic N) is 2. The summed E-state index contributed by atoms with van der Waals surface area (Å²) in [5.74, 6) is 1.22. The summed E-state index contributed by atoms with van der Waals surface area (Å²) in [5.41, 5.74) is 2.30. The van der Waals surface area contributed by atoms with Crippen molar-refractivity contribution in [3.8, 4) is 21.9 Å². The van der Waals surface area contributed by atoms with Gasteiger partial charge in [0, 0.05) is 20.1 Å². The van der Waals surface area contributed by atoms with Gasteiger partial charge in [0.25, 0.3) is 5.89 Å². The van der Waals surface area contributed by atoms with Gasteiger partial charge in [-0.2, -0.15) is 4.98 Å². The molecular weight excluding hydrogens is 360 g/mol. The van der Waals surface area contributed by atoms with E-state index in [0.29, 0.717) is 11.7 Å². The van der Waals surface area contributed by atoms with Gasteiger partial charge < -0.3 is 4.52 Å². The molecule has 2 aromatic heterocycles. The van der Waals surface area contributed by atoms with Gasteiger partial charge in [-0.25, -0.2) is 0 Å². The summed E-state index contributed by atoms with van der Waals surface area (Å²) >= 11 is 5.21. The first-order chi connectivity index (χ1) is 10.7. The maximum atomic E-state index is 5.41. The Hall–Kier alpha value is -1.98. The van der Waals surface area contributed by atoms with Crippen molar-refractivity contribution >= 4 is 37.4 Å². The van der Waals surface area contributed by atoms with E-state index >= 15 is 0 Å². The predicted molar refractivity (Wildman–Crippen MR) is 93.0 cm³/mol. The smallest absolute Gasteiger partial charge is 0.268 e. The molecule has 0 aliphatic carbocycles. The molecule has 0 atom stereocenters. The van der Waals surface area contributed by atoms with E-state index in [9.17, 15) is 0 Å². The van der Waals surface area contributed by atoms with Crippen molar-refractivity contribution in [2.45, 2.75) is 6.92 Å². The lowest BCUT2D eigenvalue weighted by Gasteiger charge is -2.02. The monoisotopic (exact) mass is 370 g/mol. The molecule has 0 aliphatic rings. The number of benzene rings is 2. The number of fused-ring (bicyclic) bond motifs is 1. The third kappa shape index (κ3) is 2.26. The van der Waals surface area contributed by atoms with Gasteiger partial charge in [0.2, 0.25) is 0 Å². The fraction of sp³-hybridized carbons (Fsp3) is 0.0588. The number of rotatable bonds is 2. The molecule has 4 rings (SSSR count). The number of thiophene rings is 1. The van der Waals surface area contributed by atoms with E-state index in [-0.39, 0.29) is 0 Å². The highest BCUT2D eigenvalue weighted by atomic mass is 79.9. The van der Waals surface area contributed by atoms with Gasteiger partial charge in [0.05, 0.1) is 0 Å². The largest absolute Gasteiger partial charge is 0.333 e. The summed E-state index contributed by atoms with van der Waals surface area (Å²) in [6, 6.07) is 16.6. The minimum absolute atomic E-state index is 0.577. The van der Waals surface area contributed by atoms with Gasteiger partial charge in [-0.15, -0.1) is 11.3 Å². The van der Waals surface area contributed by atoms with Crippen molar-refractivity contribution in [3.05, 3.63) is 58.8 Å². The van der Waals surface area contributed by atoms with E-state index in [4.69, 9.17) is 4.52 Å². The topological polar surface area (TPSA) is 38.9 Å². The van der Waals surface area contributed by atoms with Crippen LogP contribution in [0.5, 0.6) is 0 Å². The second-order valence-electron chi connectivity index (χ2n) is 4.96. The van der Waals surface area contributed by atoms with Crippen LogP contribution < -0.4 is 0 Å². The third-order valence-electron chi connectivity index (χ3n) is 3.44. The molecule has 22 heavy (non-hydrogen) atoms. The highest BCUT2D eigenvalue weighted by molar-refractivity contribution is 9.10. The Morgan fingerprint density at radius 1 is 1.09 bits per heavy atom. The van der Waals surface area contributed by atoms with Crippen LogP contribution in [0.1, 0.15) is 5.82 Å². The van der Waals surface area contributed by atoms with Gasteiger partial charge in [-0.1, -0.05) is 57.5 Å². The lowest BCUT2D eigenvalue weighted by molar-refractivity contribution is 0.426. The normalized spacial score (nSPS) is 11.2. The molecule has 0 spiro atoms.